The third-order valence-corrected chi connectivity index (χ3v) is 6.78. The maximum Gasteiger partial charge on any atom is 0.417 e. The van der Waals surface area contributed by atoms with Crippen LogP contribution in [0.25, 0.3) is 0 Å². The zero-order valence-corrected chi connectivity index (χ0v) is 16.4. The second kappa shape index (κ2) is 7.18. The number of carbonyl (C=O) groups excluding carboxylic acids is 2. The lowest BCUT2D eigenvalue weighted by Gasteiger charge is -2.42. The van der Waals surface area contributed by atoms with Crippen molar-refractivity contribution in [3.05, 3.63) is 29.3 Å². The Bertz CT molecular complexity index is 912. The number of nitrogens with two attached hydrogens (primary N) is 1. The maximum atomic E-state index is 13.3. The molecule has 1 aromatic carbocycles. The molecular formula is C21H23F3N4O2. The van der Waals surface area contributed by atoms with Crippen LogP contribution in [-0.4, -0.2) is 42.9 Å². The minimum absolute atomic E-state index is 0.0632. The van der Waals surface area contributed by atoms with Gasteiger partial charge in [-0.15, -0.1) is 0 Å². The van der Waals surface area contributed by atoms with Crippen molar-refractivity contribution in [1.82, 2.24) is 4.90 Å². The van der Waals surface area contributed by atoms with Gasteiger partial charge in [0.25, 0.3) is 0 Å². The summed E-state index contributed by atoms with van der Waals surface area (Å²) in [7, 11) is 0. The van der Waals surface area contributed by atoms with Gasteiger partial charge in [0.05, 0.1) is 23.1 Å². The van der Waals surface area contributed by atoms with Gasteiger partial charge in [0.15, 0.2) is 0 Å². The Labute approximate surface area is 172 Å². The van der Waals surface area contributed by atoms with Crippen LogP contribution in [0.3, 0.4) is 0 Å². The summed E-state index contributed by atoms with van der Waals surface area (Å²) in [4.78, 5) is 28.2. The Kier molecular flexibility index (Phi) is 4.91. The number of halogens is 3. The molecule has 2 saturated heterocycles. The van der Waals surface area contributed by atoms with E-state index in [1.807, 2.05) is 4.90 Å². The van der Waals surface area contributed by atoms with Crippen LogP contribution < -0.4 is 10.6 Å². The predicted octanol–water partition coefficient (Wildman–Crippen LogP) is 2.52. The minimum Gasteiger partial charge on any atom is -0.371 e. The molecule has 9 heteroatoms. The molecule has 3 aliphatic rings. The molecule has 3 fully saturated rings. The first-order valence-corrected chi connectivity index (χ1v) is 10.1. The highest BCUT2D eigenvalue weighted by molar-refractivity contribution is 5.84. The van der Waals surface area contributed by atoms with Crippen LogP contribution in [0, 0.1) is 28.6 Å². The Balaban J connectivity index is 1.52. The summed E-state index contributed by atoms with van der Waals surface area (Å²) >= 11 is 0. The topological polar surface area (TPSA) is 90.4 Å². The van der Waals surface area contributed by atoms with E-state index in [1.165, 1.54) is 12.1 Å². The summed E-state index contributed by atoms with van der Waals surface area (Å²) in [6.07, 6.45) is -1.70. The fraction of sp³-hybridized carbons (Fsp3) is 0.571. The number of alkyl halides is 3. The van der Waals surface area contributed by atoms with Gasteiger partial charge in [-0.2, -0.15) is 18.4 Å². The summed E-state index contributed by atoms with van der Waals surface area (Å²) in [5.74, 6) is -0.711. The number of primary amides is 1. The van der Waals surface area contributed by atoms with Crippen molar-refractivity contribution < 1.29 is 22.8 Å². The molecule has 1 aromatic rings. The van der Waals surface area contributed by atoms with Crippen molar-refractivity contribution >= 4 is 17.5 Å². The van der Waals surface area contributed by atoms with Crippen molar-refractivity contribution in [1.29, 1.82) is 5.26 Å². The van der Waals surface area contributed by atoms with Gasteiger partial charge in [-0.1, -0.05) is 0 Å². The molecule has 1 atom stereocenters. The van der Waals surface area contributed by atoms with Gasteiger partial charge in [0, 0.05) is 43.2 Å². The number of benzene rings is 1. The standard InChI is InChI=1S/C21H23F3N4O2/c22-21(23,24)16-9-15(4-3-14(16)10-25)27-7-5-20(6-8-27)12-28(11-17(20)18(26)29)19(30)13-1-2-13/h3-4,9,13,17H,1-2,5-8,11-12H2,(H2,26,29). The second-order valence-corrected chi connectivity index (χ2v) is 8.64. The van der Waals surface area contributed by atoms with Crippen molar-refractivity contribution in [2.24, 2.45) is 23.0 Å². The molecule has 6 nitrogen and oxygen atoms in total. The highest BCUT2D eigenvalue weighted by atomic mass is 19.4. The number of piperidine rings is 1. The third-order valence-electron chi connectivity index (χ3n) is 6.78. The highest BCUT2D eigenvalue weighted by Gasteiger charge is 2.53. The number of amides is 2. The van der Waals surface area contributed by atoms with Gasteiger partial charge in [0.2, 0.25) is 11.8 Å². The monoisotopic (exact) mass is 420 g/mol. The lowest BCUT2D eigenvalue weighted by Crippen LogP contribution is -2.47. The smallest absolute Gasteiger partial charge is 0.371 e. The molecule has 1 spiro atoms. The van der Waals surface area contributed by atoms with Crippen molar-refractivity contribution in [2.75, 3.05) is 31.1 Å². The first kappa shape index (κ1) is 20.5. The lowest BCUT2D eigenvalue weighted by atomic mass is 9.70. The number of nitriles is 1. The first-order chi connectivity index (χ1) is 14.1. The van der Waals surface area contributed by atoms with E-state index in [0.717, 1.165) is 18.9 Å². The fourth-order valence-electron chi connectivity index (χ4n) is 4.89. The molecule has 2 amide bonds. The number of rotatable bonds is 3. The number of hydrogen-bond donors (Lipinski definition) is 1. The van der Waals surface area contributed by atoms with Gasteiger partial charge in [-0.25, -0.2) is 0 Å². The fourth-order valence-corrected chi connectivity index (χ4v) is 4.89. The van der Waals surface area contributed by atoms with E-state index in [2.05, 4.69) is 0 Å². The van der Waals surface area contributed by atoms with Crippen LogP contribution in [-0.2, 0) is 15.8 Å². The largest absolute Gasteiger partial charge is 0.417 e. The van der Waals surface area contributed by atoms with E-state index in [9.17, 15) is 22.8 Å². The molecule has 4 rings (SSSR count). The Hall–Kier alpha value is -2.76. The predicted molar refractivity (Wildman–Crippen MR) is 102 cm³/mol. The van der Waals surface area contributed by atoms with Crippen LogP contribution in [0.4, 0.5) is 18.9 Å². The second-order valence-electron chi connectivity index (χ2n) is 8.64. The highest BCUT2D eigenvalue weighted by Crippen LogP contribution is 2.47. The lowest BCUT2D eigenvalue weighted by molar-refractivity contribution is -0.137. The number of likely N-dealkylation sites (tertiary alicyclic amines) is 1. The Morgan fingerprint density at radius 1 is 1.20 bits per heavy atom. The van der Waals surface area contributed by atoms with E-state index < -0.39 is 34.5 Å². The molecule has 1 saturated carbocycles. The van der Waals surface area contributed by atoms with Gasteiger partial charge < -0.3 is 15.5 Å². The minimum atomic E-state index is -4.61. The van der Waals surface area contributed by atoms with Crippen LogP contribution in [0.1, 0.15) is 36.8 Å². The van der Waals surface area contributed by atoms with Crippen LogP contribution in [0.15, 0.2) is 18.2 Å². The van der Waals surface area contributed by atoms with Crippen molar-refractivity contribution in [3.8, 4) is 6.07 Å². The summed E-state index contributed by atoms with van der Waals surface area (Å²) in [5, 5.41) is 8.98. The third kappa shape index (κ3) is 3.59. The molecular weight excluding hydrogens is 397 g/mol. The summed E-state index contributed by atoms with van der Waals surface area (Å²) in [6, 6.07) is 5.32. The summed E-state index contributed by atoms with van der Waals surface area (Å²) in [5.41, 5.74) is 4.28. The molecule has 0 aromatic heterocycles. The average molecular weight is 420 g/mol. The van der Waals surface area contributed by atoms with Gasteiger partial charge in [-0.05, 0) is 43.9 Å². The van der Waals surface area contributed by atoms with Crippen molar-refractivity contribution in [2.45, 2.75) is 31.9 Å². The van der Waals surface area contributed by atoms with Crippen LogP contribution in [0.5, 0.6) is 0 Å². The quantitative estimate of drug-likeness (QED) is 0.814. The zero-order chi connectivity index (χ0) is 21.7. The normalized spacial score (nSPS) is 23.5. The van der Waals surface area contributed by atoms with Crippen LogP contribution in [0.2, 0.25) is 0 Å². The number of hydrogen-bond acceptors (Lipinski definition) is 4. The Morgan fingerprint density at radius 3 is 2.40 bits per heavy atom. The zero-order valence-electron chi connectivity index (χ0n) is 16.4. The molecule has 2 N–H and O–H groups in total. The van der Waals surface area contributed by atoms with Gasteiger partial charge >= 0.3 is 6.18 Å². The molecule has 2 heterocycles. The molecule has 0 radical (unpaired) electrons. The van der Waals surface area contributed by atoms with Gasteiger partial charge in [0.1, 0.15) is 0 Å². The van der Waals surface area contributed by atoms with Crippen LogP contribution >= 0.6 is 0 Å². The number of carbonyl (C=O) groups is 2. The average Bonchev–Trinajstić information content (AvgIpc) is 3.49. The van der Waals surface area contributed by atoms with E-state index >= 15 is 0 Å². The molecule has 30 heavy (non-hydrogen) atoms. The molecule has 1 aliphatic carbocycles. The Morgan fingerprint density at radius 2 is 1.87 bits per heavy atom. The molecule has 0 bridgehead atoms. The van der Waals surface area contributed by atoms with Crippen molar-refractivity contribution in [3.63, 3.8) is 0 Å². The maximum absolute atomic E-state index is 13.3. The molecule has 2 aliphatic heterocycles. The number of anilines is 1. The van der Waals surface area contributed by atoms with E-state index in [4.69, 9.17) is 11.0 Å². The molecule has 160 valence electrons. The van der Waals surface area contributed by atoms with Gasteiger partial charge in [-0.3, -0.25) is 9.59 Å². The summed E-state index contributed by atoms with van der Waals surface area (Å²) < 4.78 is 39.9. The van der Waals surface area contributed by atoms with E-state index in [-0.39, 0.29) is 11.8 Å². The van der Waals surface area contributed by atoms with E-state index in [0.29, 0.717) is 44.7 Å². The molecule has 1 unspecified atom stereocenters. The first-order valence-electron chi connectivity index (χ1n) is 10.1. The van der Waals surface area contributed by atoms with E-state index in [1.54, 1.807) is 11.0 Å². The number of nitrogens with zero attached hydrogens (tertiary/aromatic N) is 3. The SMILES string of the molecule is N#Cc1ccc(N2CCC3(CC2)CN(C(=O)C2CC2)CC3C(N)=O)cc1C(F)(F)F. The summed E-state index contributed by atoms with van der Waals surface area (Å²) in [6.45, 7) is 1.72.